The van der Waals surface area contributed by atoms with E-state index in [1.54, 1.807) is 44.6 Å². The summed E-state index contributed by atoms with van der Waals surface area (Å²) in [4.78, 5) is 12.3. The van der Waals surface area contributed by atoms with Crippen molar-refractivity contribution in [3.63, 3.8) is 0 Å². The Hall–Kier alpha value is -2.75. The molecule has 0 saturated carbocycles. The van der Waals surface area contributed by atoms with Crippen LogP contribution in [0.5, 0.6) is 17.2 Å². The van der Waals surface area contributed by atoms with Crippen LogP contribution in [0.15, 0.2) is 48.5 Å². The highest BCUT2D eigenvalue weighted by molar-refractivity contribution is 6.07. The number of hydrogen-bond donors (Lipinski definition) is 0. The predicted octanol–water partition coefficient (Wildman–Crippen LogP) is 4.39. The second-order valence-electron chi connectivity index (χ2n) is 5.47. The first kappa shape index (κ1) is 17.6. The fraction of sp³-hybridized carbons (Fsp3) is 0.250. The molecular weight excluding hydrogens is 304 g/mol. The van der Waals surface area contributed by atoms with E-state index in [0.717, 1.165) is 11.3 Å². The van der Waals surface area contributed by atoms with E-state index in [1.807, 2.05) is 32.0 Å². The summed E-state index contributed by atoms with van der Waals surface area (Å²) in [7, 11) is 3.15. The van der Waals surface area contributed by atoms with E-state index in [4.69, 9.17) is 14.2 Å². The van der Waals surface area contributed by atoms with Crippen molar-refractivity contribution in [2.45, 2.75) is 20.0 Å². The Morgan fingerprint density at radius 2 is 1.71 bits per heavy atom. The van der Waals surface area contributed by atoms with Gasteiger partial charge in [0.15, 0.2) is 17.3 Å². The number of carbonyl (C=O) groups excluding carboxylic acids is 1. The smallest absolute Gasteiger partial charge is 0.185 e. The van der Waals surface area contributed by atoms with Crippen molar-refractivity contribution >= 4 is 11.9 Å². The molecule has 4 heteroatoms. The molecule has 0 saturated heterocycles. The van der Waals surface area contributed by atoms with E-state index in [9.17, 15) is 4.79 Å². The summed E-state index contributed by atoms with van der Waals surface area (Å²) in [5, 5.41) is 0. The third-order valence-electron chi connectivity index (χ3n) is 3.36. The van der Waals surface area contributed by atoms with Gasteiger partial charge in [0.2, 0.25) is 0 Å². The molecule has 0 unspecified atom stereocenters. The van der Waals surface area contributed by atoms with Crippen LogP contribution in [-0.4, -0.2) is 26.1 Å². The van der Waals surface area contributed by atoms with Gasteiger partial charge in [0.1, 0.15) is 5.75 Å². The molecule has 0 heterocycles. The normalized spacial score (nSPS) is 10.9. The minimum absolute atomic E-state index is 0.0871. The molecule has 2 rings (SSSR count). The zero-order valence-corrected chi connectivity index (χ0v) is 14.4. The van der Waals surface area contributed by atoms with Crippen molar-refractivity contribution in [1.82, 2.24) is 0 Å². The summed E-state index contributed by atoms with van der Waals surface area (Å²) in [6.45, 7) is 3.92. The lowest BCUT2D eigenvalue weighted by Crippen LogP contribution is -2.05. The first-order valence-electron chi connectivity index (χ1n) is 7.75. The second-order valence-corrected chi connectivity index (χ2v) is 5.47. The molecule has 2 aromatic rings. The van der Waals surface area contributed by atoms with Crippen molar-refractivity contribution in [2.24, 2.45) is 0 Å². The summed E-state index contributed by atoms with van der Waals surface area (Å²) >= 11 is 0. The minimum atomic E-state index is -0.0871. The van der Waals surface area contributed by atoms with Crippen molar-refractivity contribution in [1.29, 1.82) is 0 Å². The number of benzene rings is 2. The Kier molecular flexibility index (Phi) is 6.01. The SMILES string of the molecule is COc1cccc(/C=C/C(=O)c2ccc(OC(C)C)cc2)c1OC. The molecule has 0 aliphatic carbocycles. The molecule has 0 bridgehead atoms. The number of para-hydroxylation sites is 1. The van der Waals surface area contributed by atoms with Crippen LogP contribution >= 0.6 is 0 Å². The molecule has 0 aliphatic heterocycles. The quantitative estimate of drug-likeness (QED) is 0.559. The van der Waals surface area contributed by atoms with Gasteiger partial charge in [0, 0.05) is 11.1 Å². The number of ether oxygens (including phenoxy) is 3. The van der Waals surface area contributed by atoms with Gasteiger partial charge >= 0.3 is 0 Å². The Morgan fingerprint density at radius 3 is 2.29 bits per heavy atom. The van der Waals surface area contributed by atoms with Gasteiger partial charge in [0.05, 0.1) is 20.3 Å². The van der Waals surface area contributed by atoms with Crippen LogP contribution < -0.4 is 14.2 Å². The molecule has 0 atom stereocenters. The van der Waals surface area contributed by atoms with Crippen LogP contribution in [0.3, 0.4) is 0 Å². The lowest BCUT2D eigenvalue weighted by atomic mass is 10.1. The summed E-state index contributed by atoms with van der Waals surface area (Å²) in [6, 6.07) is 12.6. The fourth-order valence-electron chi connectivity index (χ4n) is 2.27. The molecule has 2 aromatic carbocycles. The van der Waals surface area contributed by atoms with Crippen LogP contribution in [0.25, 0.3) is 6.08 Å². The third-order valence-corrected chi connectivity index (χ3v) is 3.36. The van der Waals surface area contributed by atoms with E-state index < -0.39 is 0 Å². The standard InChI is InChI=1S/C20H22O4/c1-14(2)24-17-11-8-15(9-12-17)18(21)13-10-16-6-5-7-19(22-3)20(16)23-4/h5-14H,1-4H3/b13-10+. The Labute approximate surface area is 142 Å². The molecule has 4 nitrogen and oxygen atoms in total. The van der Waals surface area contributed by atoms with Gasteiger partial charge in [-0.1, -0.05) is 12.1 Å². The first-order chi connectivity index (χ1) is 11.5. The van der Waals surface area contributed by atoms with Gasteiger partial charge in [-0.05, 0) is 56.3 Å². The van der Waals surface area contributed by atoms with Gasteiger partial charge in [-0.25, -0.2) is 0 Å². The number of carbonyl (C=O) groups is 1. The average molecular weight is 326 g/mol. The van der Waals surface area contributed by atoms with Gasteiger partial charge in [-0.15, -0.1) is 0 Å². The molecule has 126 valence electrons. The summed E-state index contributed by atoms with van der Waals surface area (Å²) < 4.78 is 16.2. The average Bonchev–Trinajstić information content (AvgIpc) is 2.59. The van der Waals surface area contributed by atoms with E-state index in [1.165, 1.54) is 6.08 Å². The van der Waals surface area contributed by atoms with E-state index >= 15 is 0 Å². The maximum absolute atomic E-state index is 12.3. The summed E-state index contributed by atoms with van der Waals surface area (Å²) in [6.07, 6.45) is 3.35. The number of allylic oxidation sites excluding steroid dienone is 1. The van der Waals surface area contributed by atoms with Gasteiger partial charge in [0.25, 0.3) is 0 Å². The van der Waals surface area contributed by atoms with Gasteiger partial charge in [-0.2, -0.15) is 0 Å². The first-order valence-corrected chi connectivity index (χ1v) is 7.75. The van der Waals surface area contributed by atoms with E-state index in [-0.39, 0.29) is 11.9 Å². The zero-order chi connectivity index (χ0) is 17.5. The third kappa shape index (κ3) is 4.38. The topological polar surface area (TPSA) is 44.8 Å². The van der Waals surface area contributed by atoms with Crippen LogP contribution in [-0.2, 0) is 0 Å². The summed E-state index contributed by atoms with van der Waals surface area (Å²) in [5.74, 6) is 1.89. The minimum Gasteiger partial charge on any atom is -0.493 e. The molecule has 0 radical (unpaired) electrons. The van der Waals surface area contributed by atoms with Crippen LogP contribution in [0.4, 0.5) is 0 Å². The monoisotopic (exact) mass is 326 g/mol. The maximum Gasteiger partial charge on any atom is 0.185 e. The highest BCUT2D eigenvalue weighted by Gasteiger charge is 2.08. The van der Waals surface area contributed by atoms with Gasteiger partial charge < -0.3 is 14.2 Å². The molecule has 0 N–H and O–H groups in total. The van der Waals surface area contributed by atoms with Crippen molar-refractivity contribution in [2.75, 3.05) is 14.2 Å². The summed E-state index contributed by atoms with van der Waals surface area (Å²) in [5.41, 5.74) is 1.38. The molecule has 0 aliphatic rings. The molecule has 24 heavy (non-hydrogen) atoms. The Morgan fingerprint density at radius 1 is 1.00 bits per heavy atom. The van der Waals surface area contributed by atoms with E-state index in [0.29, 0.717) is 17.1 Å². The molecule has 0 amide bonds. The lowest BCUT2D eigenvalue weighted by molar-refractivity contribution is 0.104. The zero-order valence-electron chi connectivity index (χ0n) is 14.4. The van der Waals surface area contributed by atoms with Crippen LogP contribution in [0.1, 0.15) is 29.8 Å². The highest BCUT2D eigenvalue weighted by atomic mass is 16.5. The van der Waals surface area contributed by atoms with Gasteiger partial charge in [-0.3, -0.25) is 4.79 Å². The fourth-order valence-corrected chi connectivity index (χ4v) is 2.27. The number of rotatable bonds is 7. The predicted molar refractivity (Wildman–Crippen MR) is 95.1 cm³/mol. The second kappa shape index (κ2) is 8.20. The molecule has 0 spiro atoms. The highest BCUT2D eigenvalue weighted by Crippen LogP contribution is 2.31. The maximum atomic E-state index is 12.3. The van der Waals surface area contributed by atoms with Crippen molar-refractivity contribution < 1.29 is 19.0 Å². The molecule has 0 fully saturated rings. The largest absolute Gasteiger partial charge is 0.493 e. The van der Waals surface area contributed by atoms with Crippen molar-refractivity contribution in [3.05, 3.63) is 59.7 Å². The molecular formula is C20H22O4. The van der Waals surface area contributed by atoms with Crippen LogP contribution in [0.2, 0.25) is 0 Å². The van der Waals surface area contributed by atoms with Crippen molar-refractivity contribution in [3.8, 4) is 17.2 Å². The lowest BCUT2D eigenvalue weighted by Gasteiger charge is -2.10. The Balaban J connectivity index is 2.16. The number of ketones is 1. The Bertz CT molecular complexity index is 715. The molecule has 0 aromatic heterocycles. The van der Waals surface area contributed by atoms with E-state index in [2.05, 4.69) is 0 Å². The number of methoxy groups -OCH3 is 2. The van der Waals surface area contributed by atoms with Crippen LogP contribution in [0, 0.1) is 0 Å². The number of hydrogen-bond acceptors (Lipinski definition) is 4.